The molecule has 1 fully saturated rings. The van der Waals surface area contributed by atoms with Gasteiger partial charge in [-0.3, -0.25) is 4.79 Å². The van der Waals surface area contributed by atoms with Crippen LogP contribution in [0.3, 0.4) is 0 Å². The van der Waals surface area contributed by atoms with Crippen molar-refractivity contribution in [3.8, 4) is 0 Å². The van der Waals surface area contributed by atoms with Gasteiger partial charge in [0.2, 0.25) is 5.91 Å². The summed E-state index contributed by atoms with van der Waals surface area (Å²) >= 11 is 1.47. The SMILES string of the molecule is O=C(CCC1CCNC1)Nc1ncc(Cc2ccc(F)cc2)s1. The highest BCUT2D eigenvalue weighted by Crippen LogP contribution is 2.22. The molecular formula is C17H20FN3OS. The summed E-state index contributed by atoms with van der Waals surface area (Å²) in [6.45, 7) is 2.08. The van der Waals surface area contributed by atoms with Crippen molar-refractivity contribution in [1.29, 1.82) is 0 Å². The third-order valence-corrected chi connectivity index (χ3v) is 4.95. The third kappa shape index (κ3) is 4.84. The summed E-state index contributed by atoms with van der Waals surface area (Å²) in [6.07, 6.45) is 5.09. The molecule has 1 amide bonds. The van der Waals surface area contributed by atoms with E-state index in [1.165, 1.54) is 23.5 Å². The average Bonchev–Trinajstić information content (AvgIpc) is 3.20. The van der Waals surface area contributed by atoms with Gasteiger partial charge in [-0.25, -0.2) is 9.37 Å². The van der Waals surface area contributed by atoms with Gasteiger partial charge in [0.05, 0.1) is 0 Å². The van der Waals surface area contributed by atoms with Crippen molar-refractivity contribution in [2.45, 2.75) is 25.7 Å². The number of hydrogen-bond donors (Lipinski definition) is 2. The number of nitrogens with zero attached hydrogens (tertiary/aromatic N) is 1. The van der Waals surface area contributed by atoms with Crippen LogP contribution < -0.4 is 10.6 Å². The molecule has 0 aliphatic carbocycles. The Kier molecular flexibility index (Phi) is 5.35. The molecular weight excluding hydrogens is 313 g/mol. The van der Waals surface area contributed by atoms with Crippen LogP contribution in [0.25, 0.3) is 0 Å². The van der Waals surface area contributed by atoms with Crippen molar-refractivity contribution in [3.63, 3.8) is 0 Å². The molecule has 1 aromatic heterocycles. The van der Waals surface area contributed by atoms with Crippen LogP contribution in [0, 0.1) is 11.7 Å². The maximum absolute atomic E-state index is 12.9. The molecule has 1 atom stereocenters. The third-order valence-electron chi connectivity index (χ3n) is 4.03. The Balaban J connectivity index is 1.48. The number of thiazole rings is 1. The van der Waals surface area contributed by atoms with E-state index in [1.807, 2.05) is 0 Å². The second-order valence-electron chi connectivity index (χ2n) is 5.88. The van der Waals surface area contributed by atoms with Crippen LogP contribution in [0.15, 0.2) is 30.5 Å². The lowest BCUT2D eigenvalue weighted by Crippen LogP contribution is -2.14. The van der Waals surface area contributed by atoms with Gasteiger partial charge in [0.25, 0.3) is 0 Å². The number of benzene rings is 1. The first-order valence-electron chi connectivity index (χ1n) is 7.89. The van der Waals surface area contributed by atoms with Crippen molar-refractivity contribution in [2.24, 2.45) is 5.92 Å². The van der Waals surface area contributed by atoms with Gasteiger partial charge < -0.3 is 10.6 Å². The summed E-state index contributed by atoms with van der Waals surface area (Å²) in [5.41, 5.74) is 1.03. The summed E-state index contributed by atoms with van der Waals surface area (Å²) in [5, 5.41) is 6.82. The zero-order chi connectivity index (χ0) is 16.1. The molecule has 2 aromatic rings. The molecule has 2 heterocycles. The van der Waals surface area contributed by atoms with E-state index >= 15 is 0 Å². The Morgan fingerprint density at radius 1 is 1.39 bits per heavy atom. The molecule has 1 aliphatic rings. The van der Waals surface area contributed by atoms with Crippen LogP contribution in [0.2, 0.25) is 0 Å². The lowest BCUT2D eigenvalue weighted by molar-refractivity contribution is -0.116. The summed E-state index contributed by atoms with van der Waals surface area (Å²) in [5.74, 6) is 0.411. The fraction of sp³-hybridized carbons (Fsp3) is 0.412. The average molecular weight is 333 g/mol. The standard InChI is InChI=1S/C17H20FN3OS/c18-14-4-1-12(2-5-14)9-15-11-20-17(23-15)21-16(22)6-3-13-7-8-19-10-13/h1-2,4-5,11,13,19H,3,6-10H2,(H,20,21,22). The van der Waals surface area contributed by atoms with E-state index in [4.69, 9.17) is 0 Å². The molecule has 1 aliphatic heterocycles. The Hall–Kier alpha value is -1.79. The van der Waals surface area contributed by atoms with E-state index in [2.05, 4.69) is 15.6 Å². The quantitative estimate of drug-likeness (QED) is 0.853. The number of aromatic nitrogens is 1. The predicted molar refractivity (Wildman–Crippen MR) is 90.2 cm³/mol. The molecule has 0 radical (unpaired) electrons. The lowest BCUT2D eigenvalue weighted by Gasteiger charge is -2.06. The highest BCUT2D eigenvalue weighted by Gasteiger charge is 2.16. The molecule has 1 saturated heterocycles. The Labute approximate surface area is 139 Å². The molecule has 4 nitrogen and oxygen atoms in total. The summed E-state index contributed by atoms with van der Waals surface area (Å²) in [4.78, 5) is 17.3. The van der Waals surface area contributed by atoms with Crippen molar-refractivity contribution >= 4 is 22.4 Å². The summed E-state index contributed by atoms with van der Waals surface area (Å²) in [6, 6.07) is 6.44. The maximum atomic E-state index is 12.9. The smallest absolute Gasteiger partial charge is 0.226 e. The van der Waals surface area contributed by atoms with E-state index in [1.54, 1.807) is 18.3 Å². The van der Waals surface area contributed by atoms with Crippen molar-refractivity contribution < 1.29 is 9.18 Å². The van der Waals surface area contributed by atoms with Gasteiger partial charge in [-0.05, 0) is 49.5 Å². The van der Waals surface area contributed by atoms with E-state index in [9.17, 15) is 9.18 Å². The molecule has 2 N–H and O–H groups in total. The minimum Gasteiger partial charge on any atom is -0.316 e. The van der Waals surface area contributed by atoms with Gasteiger partial charge in [0.1, 0.15) is 5.82 Å². The van der Waals surface area contributed by atoms with Crippen molar-refractivity contribution in [1.82, 2.24) is 10.3 Å². The van der Waals surface area contributed by atoms with E-state index < -0.39 is 0 Å². The molecule has 122 valence electrons. The van der Waals surface area contributed by atoms with Gasteiger partial charge in [0.15, 0.2) is 5.13 Å². The van der Waals surface area contributed by atoms with Gasteiger partial charge >= 0.3 is 0 Å². The van der Waals surface area contributed by atoms with Crippen LogP contribution in [-0.2, 0) is 11.2 Å². The number of amides is 1. The Bertz CT molecular complexity index is 650. The normalized spacial score (nSPS) is 17.3. The van der Waals surface area contributed by atoms with Gasteiger partial charge in [-0.2, -0.15) is 0 Å². The van der Waals surface area contributed by atoms with Crippen LogP contribution in [0.1, 0.15) is 29.7 Å². The zero-order valence-corrected chi connectivity index (χ0v) is 13.7. The van der Waals surface area contributed by atoms with Crippen molar-refractivity contribution in [3.05, 3.63) is 46.7 Å². The maximum Gasteiger partial charge on any atom is 0.226 e. The topological polar surface area (TPSA) is 54.0 Å². The second kappa shape index (κ2) is 7.66. The molecule has 3 rings (SSSR count). The van der Waals surface area contributed by atoms with Crippen LogP contribution in [0.4, 0.5) is 9.52 Å². The second-order valence-corrected chi connectivity index (χ2v) is 7.00. The fourth-order valence-electron chi connectivity index (χ4n) is 2.73. The molecule has 0 spiro atoms. The minimum absolute atomic E-state index is 0.0274. The number of carbonyl (C=O) groups excluding carboxylic acids is 1. The molecule has 0 saturated carbocycles. The lowest BCUT2D eigenvalue weighted by atomic mass is 10.0. The number of hydrogen-bond acceptors (Lipinski definition) is 4. The van der Waals surface area contributed by atoms with Gasteiger partial charge in [0, 0.05) is 23.9 Å². The summed E-state index contributed by atoms with van der Waals surface area (Å²) in [7, 11) is 0. The highest BCUT2D eigenvalue weighted by molar-refractivity contribution is 7.15. The highest BCUT2D eigenvalue weighted by atomic mass is 32.1. The Morgan fingerprint density at radius 2 is 2.22 bits per heavy atom. The largest absolute Gasteiger partial charge is 0.316 e. The molecule has 0 bridgehead atoms. The monoisotopic (exact) mass is 333 g/mol. The zero-order valence-electron chi connectivity index (χ0n) is 12.8. The van der Waals surface area contributed by atoms with Crippen LogP contribution in [0.5, 0.6) is 0 Å². The first-order chi connectivity index (χ1) is 11.2. The van der Waals surface area contributed by atoms with Crippen LogP contribution >= 0.6 is 11.3 Å². The van der Waals surface area contributed by atoms with Crippen LogP contribution in [-0.4, -0.2) is 24.0 Å². The number of halogens is 1. The number of rotatable bonds is 6. The summed E-state index contributed by atoms with van der Waals surface area (Å²) < 4.78 is 12.9. The minimum atomic E-state index is -0.233. The first kappa shape index (κ1) is 16.1. The van der Waals surface area contributed by atoms with E-state index in [-0.39, 0.29) is 11.7 Å². The molecule has 6 heteroatoms. The number of anilines is 1. The Morgan fingerprint density at radius 3 is 2.96 bits per heavy atom. The number of nitrogens with one attached hydrogen (secondary N) is 2. The van der Waals surface area contributed by atoms with Crippen molar-refractivity contribution in [2.75, 3.05) is 18.4 Å². The van der Waals surface area contributed by atoms with Gasteiger partial charge in [-0.1, -0.05) is 12.1 Å². The number of carbonyl (C=O) groups is 1. The first-order valence-corrected chi connectivity index (χ1v) is 8.70. The molecule has 1 unspecified atom stereocenters. The molecule has 1 aromatic carbocycles. The van der Waals surface area contributed by atoms with E-state index in [0.717, 1.165) is 36.4 Å². The fourth-order valence-corrected chi connectivity index (χ4v) is 3.59. The molecule has 23 heavy (non-hydrogen) atoms. The van der Waals surface area contributed by atoms with Gasteiger partial charge in [-0.15, -0.1) is 11.3 Å². The van der Waals surface area contributed by atoms with E-state index in [0.29, 0.717) is 23.9 Å². The predicted octanol–water partition coefficient (Wildman–Crippen LogP) is 3.20.